The monoisotopic (exact) mass is 415 g/mol. The molecule has 1 aromatic carbocycles. The number of likely N-dealkylation sites (N-methyl/N-ethyl adjacent to an activating group) is 1. The van der Waals surface area contributed by atoms with Gasteiger partial charge in [-0.25, -0.2) is 0 Å². The summed E-state index contributed by atoms with van der Waals surface area (Å²) in [5, 5.41) is 3.77. The van der Waals surface area contributed by atoms with Crippen molar-refractivity contribution < 1.29 is 14.3 Å². The van der Waals surface area contributed by atoms with Crippen molar-refractivity contribution in [2.45, 2.75) is 20.4 Å². The molecule has 0 spiro atoms. The summed E-state index contributed by atoms with van der Waals surface area (Å²) >= 11 is 6.21. The first kappa shape index (κ1) is 26.3. The molecular weight excluding hydrogens is 389 g/mol. The zero-order chi connectivity index (χ0) is 17.2. The van der Waals surface area contributed by atoms with Crippen LogP contribution < -0.4 is 20.5 Å². The van der Waals surface area contributed by atoms with Crippen molar-refractivity contribution in [3.8, 4) is 11.5 Å². The summed E-state index contributed by atoms with van der Waals surface area (Å²) in [5.41, 5.74) is 6.06. The maximum absolute atomic E-state index is 10.8. The Labute approximate surface area is 167 Å². The van der Waals surface area contributed by atoms with Crippen LogP contribution in [0.5, 0.6) is 11.5 Å². The van der Waals surface area contributed by atoms with E-state index in [2.05, 4.69) is 24.1 Å². The summed E-state index contributed by atoms with van der Waals surface area (Å²) in [5.74, 6) is 0.254. The first-order chi connectivity index (χ1) is 11.0. The normalized spacial score (nSPS) is 9.96. The van der Waals surface area contributed by atoms with Gasteiger partial charge < -0.3 is 25.4 Å². The van der Waals surface area contributed by atoms with E-state index in [1.54, 1.807) is 6.07 Å². The number of carbonyl (C=O) groups is 1. The number of nitrogens with one attached hydrogen (secondary N) is 1. The average molecular weight is 417 g/mol. The number of benzene rings is 1. The summed E-state index contributed by atoms with van der Waals surface area (Å²) in [4.78, 5) is 13.2. The molecule has 0 fully saturated rings. The number of nitrogens with two attached hydrogens (primary N) is 1. The van der Waals surface area contributed by atoms with Crippen LogP contribution in [0.15, 0.2) is 12.1 Å². The molecule has 0 unspecified atom stereocenters. The van der Waals surface area contributed by atoms with Crippen LogP contribution in [0.4, 0.5) is 0 Å². The largest absolute Gasteiger partial charge is 0.493 e. The van der Waals surface area contributed by atoms with Gasteiger partial charge in [0.25, 0.3) is 5.91 Å². The Hall–Kier alpha value is -0.920. The first-order valence-electron chi connectivity index (χ1n) is 7.72. The SMILES string of the molecule is CCN(CC)CCNCc1cc(Cl)c(OCC(N)=O)c(OC)c1.Cl.Cl. The zero-order valence-corrected chi connectivity index (χ0v) is 17.2. The number of hydrogen-bond donors (Lipinski definition) is 2. The Balaban J connectivity index is 0. The first-order valence-corrected chi connectivity index (χ1v) is 8.10. The lowest BCUT2D eigenvalue weighted by atomic mass is 10.2. The second kappa shape index (κ2) is 14.3. The van der Waals surface area contributed by atoms with Crippen molar-refractivity contribution >= 4 is 42.3 Å². The predicted molar refractivity (Wildman–Crippen MR) is 107 cm³/mol. The van der Waals surface area contributed by atoms with Crippen LogP contribution in [0.25, 0.3) is 0 Å². The summed E-state index contributed by atoms with van der Waals surface area (Å²) in [6.45, 7) is 8.72. The zero-order valence-electron chi connectivity index (χ0n) is 14.8. The number of rotatable bonds is 11. The maximum Gasteiger partial charge on any atom is 0.255 e. The molecule has 1 amide bonds. The Morgan fingerprint density at radius 3 is 2.44 bits per heavy atom. The molecule has 0 aliphatic heterocycles. The number of halogens is 3. The third-order valence-electron chi connectivity index (χ3n) is 3.48. The maximum atomic E-state index is 10.8. The van der Waals surface area contributed by atoms with Gasteiger partial charge in [0, 0.05) is 19.6 Å². The minimum Gasteiger partial charge on any atom is -0.493 e. The lowest BCUT2D eigenvalue weighted by molar-refractivity contribution is -0.119. The number of carbonyl (C=O) groups excluding carboxylic acids is 1. The second-order valence-corrected chi connectivity index (χ2v) is 5.47. The fourth-order valence-corrected chi connectivity index (χ4v) is 2.46. The van der Waals surface area contributed by atoms with Gasteiger partial charge in [-0.2, -0.15) is 0 Å². The molecule has 1 aromatic rings. The van der Waals surface area contributed by atoms with Gasteiger partial charge in [0.2, 0.25) is 0 Å². The van der Waals surface area contributed by atoms with Crippen molar-refractivity contribution in [2.24, 2.45) is 5.73 Å². The number of hydrogen-bond acceptors (Lipinski definition) is 5. The van der Waals surface area contributed by atoms with Gasteiger partial charge in [-0.05, 0) is 30.8 Å². The van der Waals surface area contributed by atoms with Crippen LogP contribution in [-0.4, -0.2) is 50.7 Å². The molecule has 0 radical (unpaired) electrons. The van der Waals surface area contributed by atoms with Crippen molar-refractivity contribution in [3.05, 3.63) is 22.7 Å². The van der Waals surface area contributed by atoms with Gasteiger partial charge in [-0.3, -0.25) is 4.79 Å². The Morgan fingerprint density at radius 1 is 1.28 bits per heavy atom. The van der Waals surface area contributed by atoms with Crippen molar-refractivity contribution in [1.82, 2.24) is 10.2 Å². The topological polar surface area (TPSA) is 76.8 Å². The summed E-state index contributed by atoms with van der Waals surface area (Å²) in [6, 6.07) is 3.64. The lowest BCUT2D eigenvalue weighted by Crippen LogP contribution is -2.31. The van der Waals surface area contributed by atoms with Crippen LogP contribution in [0.1, 0.15) is 19.4 Å². The van der Waals surface area contributed by atoms with Gasteiger partial charge in [0.15, 0.2) is 18.1 Å². The molecule has 6 nitrogen and oxygen atoms in total. The van der Waals surface area contributed by atoms with Crippen LogP contribution in [-0.2, 0) is 11.3 Å². The summed E-state index contributed by atoms with van der Waals surface area (Å²) < 4.78 is 10.6. The van der Waals surface area contributed by atoms with Crippen molar-refractivity contribution in [2.75, 3.05) is 39.9 Å². The van der Waals surface area contributed by atoms with E-state index in [4.69, 9.17) is 26.8 Å². The molecule has 0 atom stereocenters. The number of nitrogens with zero attached hydrogens (tertiary/aromatic N) is 1. The highest BCUT2D eigenvalue weighted by atomic mass is 35.5. The number of amides is 1. The minimum atomic E-state index is -0.565. The second-order valence-electron chi connectivity index (χ2n) is 5.07. The molecular formula is C16H28Cl3N3O3. The van der Waals surface area contributed by atoms with Crippen LogP contribution in [0, 0.1) is 0 Å². The van der Waals surface area contributed by atoms with E-state index in [1.807, 2.05) is 6.07 Å². The number of methoxy groups -OCH3 is 1. The molecule has 0 aliphatic rings. The molecule has 25 heavy (non-hydrogen) atoms. The molecule has 3 N–H and O–H groups in total. The van der Waals surface area contributed by atoms with E-state index < -0.39 is 5.91 Å². The fourth-order valence-electron chi connectivity index (χ4n) is 2.17. The van der Waals surface area contributed by atoms with E-state index >= 15 is 0 Å². The van der Waals surface area contributed by atoms with E-state index in [-0.39, 0.29) is 31.4 Å². The van der Waals surface area contributed by atoms with Crippen LogP contribution in [0.2, 0.25) is 5.02 Å². The number of ether oxygens (including phenoxy) is 2. The van der Waals surface area contributed by atoms with Gasteiger partial charge >= 0.3 is 0 Å². The third-order valence-corrected chi connectivity index (χ3v) is 3.76. The highest BCUT2D eigenvalue weighted by molar-refractivity contribution is 6.32. The summed E-state index contributed by atoms with van der Waals surface area (Å²) in [7, 11) is 1.53. The molecule has 0 heterocycles. The Kier molecular flexibility index (Phi) is 15.0. The molecule has 0 saturated heterocycles. The average Bonchev–Trinajstić information content (AvgIpc) is 2.53. The van der Waals surface area contributed by atoms with Crippen LogP contribution >= 0.6 is 36.4 Å². The lowest BCUT2D eigenvalue weighted by Gasteiger charge is -2.18. The highest BCUT2D eigenvalue weighted by Gasteiger charge is 2.13. The van der Waals surface area contributed by atoms with Gasteiger partial charge in [-0.15, -0.1) is 24.8 Å². The van der Waals surface area contributed by atoms with Gasteiger partial charge in [0.1, 0.15) is 0 Å². The van der Waals surface area contributed by atoms with E-state index in [9.17, 15) is 4.79 Å². The molecule has 0 saturated carbocycles. The minimum absolute atomic E-state index is 0. The van der Waals surface area contributed by atoms with Gasteiger partial charge in [0.05, 0.1) is 12.1 Å². The smallest absolute Gasteiger partial charge is 0.255 e. The van der Waals surface area contributed by atoms with Crippen molar-refractivity contribution in [3.63, 3.8) is 0 Å². The summed E-state index contributed by atoms with van der Waals surface area (Å²) in [6.07, 6.45) is 0. The van der Waals surface area contributed by atoms with Crippen LogP contribution in [0.3, 0.4) is 0 Å². The molecule has 0 aliphatic carbocycles. The Morgan fingerprint density at radius 2 is 1.92 bits per heavy atom. The standard InChI is InChI=1S/C16H26ClN3O3.2ClH/c1-4-20(5-2)7-6-19-10-12-8-13(17)16(14(9-12)22-3)23-11-15(18)21;;/h8-9,19H,4-7,10-11H2,1-3H3,(H2,18,21);2*1H. The van der Waals surface area contributed by atoms with E-state index in [0.29, 0.717) is 23.1 Å². The van der Waals surface area contributed by atoms with Crippen molar-refractivity contribution in [1.29, 1.82) is 0 Å². The molecule has 0 aromatic heterocycles. The Bertz CT molecular complexity index is 515. The van der Waals surface area contributed by atoms with E-state index in [1.165, 1.54) is 7.11 Å². The van der Waals surface area contributed by atoms with Gasteiger partial charge in [-0.1, -0.05) is 25.4 Å². The molecule has 1 rings (SSSR count). The quantitative estimate of drug-likeness (QED) is 0.542. The fraction of sp³-hybridized carbons (Fsp3) is 0.562. The highest BCUT2D eigenvalue weighted by Crippen LogP contribution is 2.36. The predicted octanol–water partition coefficient (Wildman–Crippen LogP) is 2.49. The third kappa shape index (κ3) is 9.37. The molecule has 146 valence electrons. The molecule has 0 bridgehead atoms. The number of primary amides is 1. The van der Waals surface area contributed by atoms with E-state index in [0.717, 1.165) is 31.7 Å². The molecule has 9 heteroatoms.